The molecule has 5 rings (SSSR count). The Bertz CT molecular complexity index is 1310. The second-order valence-electron chi connectivity index (χ2n) is 7.18. The van der Waals surface area contributed by atoms with Crippen LogP contribution in [0.3, 0.4) is 0 Å². The first kappa shape index (κ1) is 17.5. The molecule has 0 aliphatic carbocycles. The molecule has 29 heavy (non-hydrogen) atoms. The Kier molecular flexibility index (Phi) is 3.45. The van der Waals surface area contributed by atoms with Gasteiger partial charge in [-0.15, -0.1) is 0 Å². The van der Waals surface area contributed by atoms with Gasteiger partial charge in [-0.1, -0.05) is 25.1 Å². The van der Waals surface area contributed by atoms with E-state index in [2.05, 4.69) is 4.98 Å². The molecule has 2 aliphatic rings. The Hall–Kier alpha value is -3.59. The lowest BCUT2D eigenvalue weighted by Gasteiger charge is -2.31. The Balaban J connectivity index is 1.94. The fourth-order valence-electron chi connectivity index (χ4n) is 4.24. The zero-order valence-electron chi connectivity index (χ0n) is 15.3. The average molecular weight is 393 g/mol. The van der Waals surface area contributed by atoms with Crippen molar-refractivity contribution in [2.24, 2.45) is 0 Å². The number of para-hydroxylation sites is 1. The maximum atomic E-state index is 13.2. The zero-order valence-corrected chi connectivity index (χ0v) is 15.3. The van der Waals surface area contributed by atoms with Gasteiger partial charge in [-0.3, -0.25) is 19.5 Å². The van der Waals surface area contributed by atoms with Crippen molar-refractivity contribution in [2.75, 3.05) is 0 Å². The Labute approximate surface area is 163 Å². The number of nitro groups is 1. The number of hydrogen-bond acceptors (Lipinski definition) is 7. The van der Waals surface area contributed by atoms with Gasteiger partial charge < -0.3 is 9.84 Å². The summed E-state index contributed by atoms with van der Waals surface area (Å²) in [6.45, 7) is 1.21. The highest BCUT2D eigenvalue weighted by Gasteiger charge is 2.51. The van der Waals surface area contributed by atoms with E-state index in [1.165, 1.54) is 11.5 Å². The quantitative estimate of drug-likeness (QED) is 0.314. The van der Waals surface area contributed by atoms with E-state index in [1.54, 1.807) is 12.1 Å². The van der Waals surface area contributed by atoms with Crippen LogP contribution in [0.2, 0.25) is 0 Å². The van der Waals surface area contributed by atoms with Crippen LogP contribution in [0.4, 0.5) is 5.69 Å². The smallest absolute Gasteiger partial charge is 0.343 e. The summed E-state index contributed by atoms with van der Waals surface area (Å²) in [5.74, 6) is -0.996. The van der Waals surface area contributed by atoms with Crippen molar-refractivity contribution in [3.8, 4) is 11.4 Å². The highest BCUT2D eigenvalue weighted by molar-refractivity contribution is 5.90. The van der Waals surface area contributed by atoms with Gasteiger partial charge in [-0.05, 0) is 18.6 Å². The zero-order chi connectivity index (χ0) is 20.5. The molecule has 0 bridgehead atoms. The molecule has 4 heterocycles. The standard InChI is InChI=1S/C20H15N3O6/c1-2-20(26)14-12(9-29-19(20)25)18(24)22-8-11-7-10-5-3-4-6-13(10)21-15(11)17(22)16(14)23(27)28/h3-7,26H,2,8-9H2,1H3/t20-/m0/s1. The third-order valence-corrected chi connectivity index (χ3v) is 5.68. The van der Waals surface area contributed by atoms with Gasteiger partial charge in [0.1, 0.15) is 12.3 Å². The third kappa shape index (κ3) is 2.16. The van der Waals surface area contributed by atoms with Gasteiger partial charge in [0, 0.05) is 10.9 Å². The molecule has 0 spiro atoms. The maximum Gasteiger partial charge on any atom is 0.343 e. The van der Waals surface area contributed by atoms with E-state index in [4.69, 9.17) is 4.74 Å². The normalized spacial score (nSPS) is 19.4. The molecule has 1 atom stereocenters. The van der Waals surface area contributed by atoms with Crippen LogP contribution in [-0.2, 0) is 28.3 Å². The van der Waals surface area contributed by atoms with E-state index < -0.39 is 34.3 Å². The second kappa shape index (κ2) is 5.71. The molecule has 0 unspecified atom stereocenters. The van der Waals surface area contributed by atoms with Crippen molar-refractivity contribution in [2.45, 2.75) is 32.1 Å². The van der Waals surface area contributed by atoms with Crippen LogP contribution in [-0.4, -0.2) is 25.6 Å². The van der Waals surface area contributed by atoms with Gasteiger partial charge in [0.2, 0.25) is 0 Å². The van der Waals surface area contributed by atoms with Crippen LogP contribution >= 0.6 is 0 Å². The van der Waals surface area contributed by atoms with Gasteiger partial charge in [0.05, 0.1) is 33.8 Å². The molecular formula is C20H15N3O6. The molecule has 9 heteroatoms. The van der Waals surface area contributed by atoms with Crippen LogP contribution in [0.1, 0.15) is 30.0 Å². The topological polar surface area (TPSA) is 125 Å². The number of carbonyl (C=O) groups excluding carboxylic acids is 1. The van der Waals surface area contributed by atoms with Crippen LogP contribution in [0.25, 0.3) is 22.3 Å². The number of rotatable bonds is 2. The summed E-state index contributed by atoms with van der Waals surface area (Å²) in [5, 5.41) is 23.9. The van der Waals surface area contributed by atoms with Crippen molar-refractivity contribution >= 4 is 22.6 Å². The fourth-order valence-corrected chi connectivity index (χ4v) is 4.24. The number of fused-ring (bicyclic) bond motifs is 5. The van der Waals surface area contributed by atoms with Crippen molar-refractivity contribution in [3.63, 3.8) is 0 Å². The van der Waals surface area contributed by atoms with Gasteiger partial charge in [0.25, 0.3) is 5.56 Å². The summed E-state index contributed by atoms with van der Waals surface area (Å²) in [7, 11) is 0. The third-order valence-electron chi connectivity index (χ3n) is 5.68. The maximum absolute atomic E-state index is 13.2. The van der Waals surface area contributed by atoms with Crippen molar-refractivity contribution in [1.82, 2.24) is 9.55 Å². The number of cyclic esters (lactones) is 1. The summed E-state index contributed by atoms with van der Waals surface area (Å²) in [5.41, 5.74) is -1.98. The van der Waals surface area contributed by atoms with E-state index >= 15 is 0 Å². The van der Waals surface area contributed by atoms with Crippen LogP contribution in [0.15, 0.2) is 35.1 Å². The molecule has 0 saturated carbocycles. The molecule has 0 fully saturated rings. The number of esters is 1. The van der Waals surface area contributed by atoms with Gasteiger partial charge in [-0.25, -0.2) is 9.78 Å². The minimum Gasteiger partial charge on any atom is -0.458 e. The molecule has 0 amide bonds. The van der Waals surface area contributed by atoms with Gasteiger partial charge in [-0.2, -0.15) is 0 Å². The van der Waals surface area contributed by atoms with E-state index in [1.807, 2.05) is 18.2 Å². The lowest BCUT2D eigenvalue weighted by molar-refractivity contribution is -0.386. The van der Waals surface area contributed by atoms with E-state index in [9.17, 15) is 24.8 Å². The monoisotopic (exact) mass is 393 g/mol. The molecule has 9 nitrogen and oxygen atoms in total. The molecule has 146 valence electrons. The SMILES string of the molecule is CC[C@@]1(O)C(=O)OCc2c1c([N+](=O)[O-])c1n(c2=O)Cc2cc3ccccc3nc2-1. The molecular weight excluding hydrogens is 378 g/mol. The first-order chi connectivity index (χ1) is 13.9. The molecule has 2 aromatic heterocycles. The fraction of sp³-hybridized carbons (Fsp3) is 0.250. The van der Waals surface area contributed by atoms with Crippen molar-refractivity contribution < 1.29 is 19.6 Å². The first-order valence-electron chi connectivity index (χ1n) is 9.10. The van der Waals surface area contributed by atoms with E-state index in [0.29, 0.717) is 16.8 Å². The number of aliphatic hydroxyl groups is 1. The highest BCUT2D eigenvalue weighted by Crippen LogP contribution is 2.46. The highest BCUT2D eigenvalue weighted by atomic mass is 16.6. The van der Waals surface area contributed by atoms with Crippen LogP contribution in [0, 0.1) is 10.1 Å². The number of nitrogens with zero attached hydrogens (tertiary/aromatic N) is 3. The summed E-state index contributed by atoms with van der Waals surface area (Å²) < 4.78 is 6.27. The molecule has 1 aromatic carbocycles. The summed E-state index contributed by atoms with van der Waals surface area (Å²) in [6, 6.07) is 9.16. The summed E-state index contributed by atoms with van der Waals surface area (Å²) >= 11 is 0. The second-order valence-corrected chi connectivity index (χ2v) is 7.18. The summed E-state index contributed by atoms with van der Waals surface area (Å²) in [6.07, 6.45) is -0.166. The van der Waals surface area contributed by atoms with E-state index in [0.717, 1.165) is 5.39 Å². The predicted octanol–water partition coefficient (Wildman–Crippen LogP) is 1.99. The number of benzene rings is 1. The Morgan fingerprint density at radius 3 is 2.83 bits per heavy atom. The van der Waals surface area contributed by atoms with Gasteiger partial charge in [0.15, 0.2) is 5.60 Å². The number of pyridine rings is 2. The lowest BCUT2D eigenvalue weighted by atomic mass is 9.84. The first-order valence-corrected chi connectivity index (χ1v) is 9.10. The lowest BCUT2D eigenvalue weighted by Crippen LogP contribution is -2.45. The molecule has 2 aliphatic heterocycles. The van der Waals surface area contributed by atoms with Crippen LogP contribution < -0.4 is 5.56 Å². The van der Waals surface area contributed by atoms with Crippen molar-refractivity contribution in [1.29, 1.82) is 0 Å². The number of carbonyl (C=O) groups is 1. The minimum atomic E-state index is -2.26. The van der Waals surface area contributed by atoms with Gasteiger partial charge >= 0.3 is 11.7 Å². The predicted molar refractivity (Wildman–Crippen MR) is 101 cm³/mol. The van der Waals surface area contributed by atoms with Crippen molar-refractivity contribution in [3.05, 3.63) is 67.5 Å². The van der Waals surface area contributed by atoms with Crippen LogP contribution in [0.5, 0.6) is 0 Å². The molecule has 0 radical (unpaired) electrons. The van der Waals surface area contributed by atoms with E-state index in [-0.39, 0.29) is 29.8 Å². The molecule has 1 N–H and O–H groups in total. The Morgan fingerprint density at radius 2 is 2.10 bits per heavy atom. The number of aromatic nitrogens is 2. The Morgan fingerprint density at radius 1 is 1.34 bits per heavy atom. The molecule has 3 aromatic rings. The molecule has 0 saturated heterocycles. The summed E-state index contributed by atoms with van der Waals surface area (Å²) in [4.78, 5) is 41.5. The number of ether oxygens (including phenoxy) is 1. The minimum absolute atomic E-state index is 0.0149. The average Bonchev–Trinajstić information content (AvgIpc) is 3.07. The number of hydrogen-bond donors (Lipinski definition) is 1. The largest absolute Gasteiger partial charge is 0.458 e.